The highest BCUT2D eigenvalue weighted by molar-refractivity contribution is 6.00. The van der Waals surface area contributed by atoms with Gasteiger partial charge in [0.2, 0.25) is 0 Å². The molecule has 4 rings (SSSR count). The van der Waals surface area contributed by atoms with E-state index < -0.39 is 17.3 Å². The number of nitrogens with one attached hydrogen (secondary N) is 1. The van der Waals surface area contributed by atoms with Crippen molar-refractivity contribution in [3.8, 4) is 11.4 Å². The maximum atomic E-state index is 14.1. The van der Waals surface area contributed by atoms with Crippen LogP contribution in [0.4, 0.5) is 4.39 Å². The molecule has 3 aromatic carbocycles. The number of nitrogens with zero attached hydrogens (tertiary/aromatic N) is 2. The largest absolute Gasteiger partial charge is 0.280 e. The molecule has 1 amide bonds. The van der Waals surface area contributed by atoms with Crippen LogP contribution in [0.1, 0.15) is 21.5 Å². The predicted octanol–water partition coefficient (Wildman–Crippen LogP) is 4.20. The summed E-state index contributed by atoms with van der Waals surface area (Å²) in [4.78, 5) is 30.4. The van der Waals surface area contributed by atoms with Crippen molar-refractivity contribution in [3.63, 3.8) is 0 Å². The number of rotatable bonds is 3. The monoisotopic (exact) mass is 387 g/mol. The van der Waals surface area contributed by atoms with Crippen molar-refractivity contribution in [1.29, 1.82) is 0 Å². The van der Waals surface area contributed by atoms with Crippen LogP contribution in [0.3, 0.4) is 0 Å². The average molecular weight is 387 g/mol. The van der Waals surface area contributed by atoms with Crippen LogP contribution >= 0.6 is 0 Å². The van der Waals surface area contributed by atoms with Gasteiger partial charge in [0.1, 0.15) is 5.82 Å². The first kappa shape index (κ1) is 18.6. The normalized spacial score (nSPS) is 10.9. The number of hydrogen-bond acceptors (Lipinski definition) is 3. The van der Waals surface area contributed by atoms with Crippen molar-refractivity contribution >= 4 is 16.8 Å². The van der Waals surface area contributed by atoms with Gasteiger partial charge in [0.15, 0.2) is 5.82 Å². The summed E-state index contributed by atoms with van der Waals surface area (Å²) < 4.78 is 15.1. The molecule has 0 radical (unpaired) electrons. The van der Waals surface area contributed by atoms with Gasteiger partial charge in [0, 0.05) is 5.56 Å². The van der Waals surface area contributed by atoms with E-state index >= 15 is 0 Å². The molecule has 144 valence electrons. The van der Waals surface area contributed by atoms with Crippen molar-refractivity contribution < 1.29 is 9.18 Å². The van der Waals surface area contributed by atoms with E-state index in [1.807, 2.05) is 32.0 Å². The Morgan fingerprint density at radius 1 is 0.966 bits per heavy atom. The van der Waals surface area contributed by atoms with E-state index in [9.17, 15) is 14.0 Å². The number of para-hydroxylation sites is 1. The fraction of sp³-hybridized carbons (Fsp3) is 0.0870. The van der Waals surface area contributed by atoms with Gasteiger partial charge in [0.25, 0.3) is 11.5 Å². The summed E-state index contributed by atoms with van der Waals surface area (Å²) in [6.07, 6.45) is 0. The second-order valence-corrected chi connectivity index (χ2v) is 6.81. The number of carbonyl (C=O) groups is 1. The van der Waals surface area contributed by atoms with Gasteiger partial charge in [-0.25, -0.2) is 9.37 Å². The van der Waals surface area contributed by atoms with E-state index in [1.165, 1.54) is 18.2 Å². The fourth-order valence-corrected chi connectivity index (χ4v) is 3.12. The van der Waals surface area contributed by atoms with Crippen LogP contribution in [0, 0.1) is 19.7 Å². The highest BCUT2D eigenvalue weighted by Gasteiger charge is 2.18. The maximum Gasteiger partial charge on any atom is 0.280 e. The van der Waals surface area contributed by atoms with E-state index in [-0.39, 0.29) is 11.4 Å². The number of aryl methyl sites for hydroxylation is 2. The molecule has 5 nitrogen and oxygen atoms in total. The number of halogens is 1. The van der Waals surface area contributed by atoms with Crippen LogP contribution in [0.2, 0.25) is 0 Å². The van der Waals surface area contributed by atoms with Crippen LogP contribution in [-0.2, 0) is 0 Å². The molecule has 0 atom stereocenters. The molecule has 0 aliphatic heterocycles. The van der Waals surface area contributed by atoms with E-state index in [0.717, 1.165) is 15.8 Å². The Bertz CT molecular complexity index is 1310. The summed E-state index contributed by atoms with van der Waals surface area (Å²) in [7, 11) is 0. The fourth-order valence-electron chi connectivity index (χ4n) is 3.12. The van der Waals surface area contributed by atoms with Crippen molar-refractivity contribution in [3.05, 3.63) is 99.6 Å². The third-order valence-corrected chi connectivity index (χ3v) is 4.87. The molecule has 0 aliphatic rings. The molecule has 0 saturated heterocycles. The van der Waals surface area contributed by atoms with Gasteiger partial charge in [-0.15, -0.1) is 0 Å². The Kier molecular flexibility index (Phi) is 4.68. The number of hydrogen-bond donors (Lipinski definition) is 1. The Morgan fingerprint density at radius 3 is 2.45 bits per heavy atom. The van der Waals surface area contributed by atoms with Crippen molar-refractivity contribution in [2.45, 2.75) is 13.8 Å². The molecule has 0 fully saturated rings. The quantitative estimate of drug-likeness (QED) is 0.573. The number of fused-ring (bicyclic) bond motifs is 1. The van der Waals surface area contributed by atoms with Crippen molar-refractivity contribution in [2.24, 2.45) is 0 Å². The Balaban J connectivity index is 1.92. The maximum absolute atomic E-state index is 14.1. The summed E-state index contributed by atoms with van der Waals surface area (Å²) in [5.41, 5.74) is 5.24. The summed E-state index contributed by atoms with van der Waals surface area (Å²) in [5.74, 6) is -1.12. The summed E-state index contributed by atoms with van der Waals surface area (Å²) in [5, 5.41) is 0.355. The van der Waals surface area contributed by atoms with Crippen LogP contribution in [0.5, 0.6) is 0 Å². The van der Waals surface area contributed by atoms with E-state index in [2.05, 4.69) is 10.4 Å². The second-order valence-electron chi connectivity index (χ2n) is 6.81. The molecule has 1 heterocycles. The smallest absolute Gasteiger partial charge is 0.267 e. The molecular weight excluding hydrogens is 369 g/mol. The zero-order valence-corrected chi connectivity index (χ0v) is 15.9. The molecule has 0 unspecified atom stereocenters. The SMILES string of the molecule is Cc1ccc(-c2nc3ccccc3c(=O)n2NC(=O)c2ccccc2F)cc1C. The zero-order chi connectivity index (χ0) is 20.5. The summed E-state index contributed by atoms with van der Waals surface area (Å²) >= 11 is 0. The Labute approximate surface area is 166 Å². The average Bonchev–Trinajstić information content (AvgIpc) is 2.72. The minimum absolute atomic E-state index is 0.154. The molecular formula is C23H18FN3O2. The second kappa shape index (κ2) is 7.31. The van der Waals surface area contributed by atoms with Gasteiger partial charge in [-0.3, -0.25) is 15.0 Å². The first-order chi connectivity index (χ1) is 14.0. The van der Waals surface area contributed by atoms with Crippen LogP contribution in [-0.4, -0.2) is 15.6 Å². The first-order valence-corrected chi connectivity index (χ1v) is 9.11. The molecule has 4 aromatic rings. The van der Waals surface area contributed by atoms with Crippen LogP contribution in [0.25, 0.3) is 22.3 Å². The molecule has 6 heteroatoms. The van der Waals surface area contributed by atoms with Gasteiger partial charge >= 0.3 is 0 Å². The number of carbonyl (C=O) groups excluding carboxylic acids is 1. The van der Waals surface area contributed by atoms with E-state index in [1.54, 1.807) is 30.3 Å². The van der Waals surface area contributed by atoms with Crippen LogP contribution < -0.4 is 11.0 Å². The Morgan fingerprint density at radius 2 is 1.69 bits per heavy atom. The minimum Gasteiger partial charge on any atom is -0.267 e. The molecule has 0 aliphatic carbocycles. The third-order valence-electron chi connectivity index (χ3n) is 4.87. The zero-order valence-electron chi connectivity index (χ0n) is 15.9. The van der Waals surface area contributed by atoms with Gasteiger partial charge < -0.3 is 0 Å². The third kappa shape index (κ3) is 3.40. The molecule has 0 bridgehead atoms. The Hall–Kier alpha value is -3.80. The molecule has 1 aromatic heterocycles. The summed E-state index contributed by atoms with van der Waals surface area (Å²) in [6.45, 7) is 3.94. The minimum atomic E-state index is -0.729. The summed E-state index contributed by atoms with van der Waals surface area (Å²) in [6, 6.07) is 18.2. The van der Waals surface area contributed by atoms with Crippen LogP contribution in [0.15, 0.2) is 71.5 Å². The van der Waals surface area contributed by atoms with Gasteiger partial charge in [-0.05, 0) is 55.3 Å². The highest BCUT2D eigenvalue weighted by atomic mass is 19.1. The standard InChI is InChI=1S/C23H18FN3O2/c1-14-11-12-16(13-15(14)2)21-25-20-10-6-4-8-18(20)23(29)27(21)26-22(28)17-7-3-5-9-19(17)24/h3-13H,1-2H3,(H,26,28). The van der Waals surface area contributed by atoms with Crippen molar-refractivity contribution in [2.75, 3.05) is 5.43 Å². The number of aromatic nitrogens is 2. The van der Waals surface area contributed by atoms with Gasteiger partial charge in [0.05, 0.1) is 16.5 Å². The lowest BCUT2D eigenvalue weighted by atomic mass is 10.1. The topological polar surface area (TPSA) is 64.0 Å². The first-order valence-electron chi connectivity index (χ1n) is 9.11. The predicted molar refractivity (Wildman–Crippen MR) is 111 cm³/mol. The van der Waals surface area contributed by atoms with E-state index in [0.29, 0.717) is 16.5 Å². The van der Waals surface area contributed by atoms with Gasteiger partial charge in [-0.2, -0.15) is 4.68 Å². The lowest BCUT2D eigenvalue weighted by Gasteiger charge is -2.15. The molecule has 1 N–H and O–H groups in total. The molecule has 0 saturated carbocycles. The highest BCUT2D eigenvalue weighted by Crippen LogP contribution is 2.21. The lowest BCUT2D eigenvalue weighted by molar-refractivity contribution is 0.100. The molecule has 29 heavy (non-hydrogen) atoms. The molecule has 0 spiro atoms. The number of benzene rings is 3. The van der Waals surface area contributed by atoms with Crippen molar-refractivity contribution in [1.82, 2.24) is 9.66 Å². The van der Waals surface area contributed by atoms with E-state index in [4.69, 9.17) is 0 Å². The number of amides is 1. The lowest BCUT2D eigenvalue weighted by Crippen LogP contribution is -2.35. The van der Waals surface area contributed by atoms with Gasteiger partial charge in [-0.1, -0.05) is 36.4 Å².